The van der Waals surface area contributed by atoms with E-state index < -0.39 is 10.0 Å². The molecule has 0 aromatic heterocycles. The zero-order valence-corrected chi connectivity index (χ0v) is 11.4. The molecule has 0 unspecified atom stereocenters. The van der Waals surface area contributed by atoms with E-state index in [1.165, 1.54) is 0 Å². The summed E-state index contributed by atoms with van der Waals surface area (Å²) in [6.45, 7) is 1.43. The van der Waals surface area contributed by atoms with Crippen LogP contribution in [0.3, 0.4) is 0 Å². The molecule has 8 heteroatoms. The van der Waals surface area contributed by atoms with Crippen LogP contribution in [0.5, 0.6) is 0 Å². The molecule has 2 heterocycles. The predicted molar refractivity (Wildman–Crippen MR) is 72.1 cm³/mol. The van der Waals surface area contributed by atoms with E-state index in [0.717, 1.165) is 0 Å². The van der Waals surface area contributed by atoms with Crippen LogP contribution in [-0.4, -0.2) is 57.5 Å². The fourth-order valence-corrected chi connectivity index (χ4v) is 2.78. The van der Waals surface area contributed by atoms with Crippen molar-refractivity contribution in [3.8, 4) is 0 Å². The van der Waals surface area contributed by atoms with Gasteiger partial charge in [0.1, 0.15) is 0 Å². The number of nitrogens with one attached hydrogen (secondary N) is 2. The number of carbonyl (C=O) groups is 1. The summed E-state index contributed by atoms with van der Waals surface area (Å²) in [6.07, 6.45) is 5.01. The monoisotopic (exact) mass is 284 g/mol. The van der Waals surface area contributed by atoms with Crippen LogP contribution in [0.15, 0.2) is 28.3 Å². The lowest BCUT2D eigenvalue weighted by Crippen LogP contribution is -2.43. The summed E-state index contributed by atoms with van der Waals surface area (Å²) in [5.74, 6) is -0.147. The van der Waals surface area contributed by atoms with Crippen molar-refractivity contribution in [3.63, 3.8) is 0 Å². The number of hydrogen-bond donors (Lipinski definition) is 2. The fourth-order valence-electron chi connectivity index (χ4n) is 1.79. The van der Waals surface area contributed by atoms with Crippen LogP contribution >= 0.6 is 0 Å². The smallest absolute Gasteiger partial charge is 0.256 e. The first kappa shape index (κ1) is 13.8. The standard InChI is InChI=1S/C11H16N4O3S/c1-12-4-5-13-11(16)9-3-2-6-15-7-8-19(17,18)14-10(9)15/h2-3,6,12H,4-5,7-8H2,1H3,(H,13,16). The van der Waals surface area contributed by atoms with Gasteiger partial charge in [0.05, 0.1) is 11.3 Å². The Balaban J connectivity index is 2.19. The first-order valence-electron chi connectivity index (χ1n) is 5.94. The highest BCUT2D eigenvalue weighted by molar-refractivity contribution is 7.90. The third-order valence-corrected chi connectivity index (χ3v) is 3.91. The minimum atomic E-state index is -3.47. The minimum Gasteiger partial charge on any atom is -0.351 e. The summed E-state index contributed by atoms with van der Waals surface area (Å²) in [6, 6.07) is 0. The van der Waals surface area contributed by atoms with Gasteiger partial charge < -0.3 is 15.5 Å². The van der Waals surface area contributed by atoms with E-state index in [0.29, 0.717) is 19.6 Å². The zero-order chi connectivity index (χ0) is 13.9. The van der Waals surface area contributed by atoms with E-state index in [1.54, 1.807) is 30.3 Å². The third kappa shape index (κ3) is 3.21. The highest BCUT2D eigenvalue weighted by Crippen LogP contribution is 2.17. The molecule has 0 radical (unpaired) electrons. The largest absolute Gasteiger partial charge is 0.351 e. The summed E-state index contributed by atoms with van der Waals surface area (Å²) in [5.41, 5.74) is 0.280. The molecular formula is C11H16N4O3S. The molecule has 2 aliphatic rings. The van der Waals surface area contributed by atoms with Crippen molar-refractivity contribution >= 4 is 21.8 Å². The van der Waals surface area contributed by atoms with Gasteiger partial charge in [-0.3, -0.25) is 4.79 Å². The van der Waals surface area contributed by atoms with E-state index >= 15 is 0 Å². The molecule has 0 bridgehead atoms. The lowest BCUT2D eigenvalue weighted by atomic mass is 10.1. The van der Waals surface area contributed by atoms with Crippen molar-refractivity contribution in [3.05, 3.63) is 23.9 Å². The Bertz CT molecular complexity index is 562. The van der Waals surface area contributed by atoms with Crippen LogP contribution in [0.4, 0.5) is 0 Å². The second-order valence-corrected chi connectivity index (χ2v) is 5.93. The lowest BCUT2D eigenvalue weighted by molar-refractivity contribution is -0.117. The molecular weight excluding hydrogens is 268 g/mol. The van der Waals surface area contributed by atoms with Gasteiger partial charge in [-0.1, -0.05) is 0 Å². The van der Waals surface area contributed by atoms with Crippen LogP contribution in [0, 0.1) is 0 Å². The van der Waals surface area contributed by atoms with Gasteiger partial charge in [-0.2, -0.15) is 0 Å². The number of likely N-dealkylation sites (N-methyl/N-ethyl adjacent to an activating group) is 1. The first-order valence-corrected chi connectivity index (χ1v) is 7.55. The van der Waals surface area contributed by atoms with Gasteiger partial charge in [0, 0.05) is 25.8 Å². The highest BCUT2D eigenvalue weighted by Gasteiger charge is 2.29. The quantitative estimate of drug-likeness (QED) is 0.634. The van der Waals surface area contributed by atoms with E-state index in [1.807, 2.05) is 0 Å². The van der Waals surface area contributed by atoms with Crippen molar-refractivity contribution in [2.45, 2.75) is 0 Å². The Morgan fingerprint density at radius 1 is 1.47 bits per heavy atom. The summed E-state index contributed by atoms with van der Waals surface area (Å²) in [4.78, 5) is 13.7. The molecule has 0 fully saturated rings. The molecule has 0 spiro atoms. The lowest BCUT2D eigenvalue weighted by Gasteiger charge is -2.28. The molecule has 2 aliphatic heterocycles. The maximum absolute atomic E-state index is 12.0. The summed E-state index contributed by atoms with van der Waals surface area (Å²) < 4.78 is 26.7. The topological polar surface area (TPSA) is 90.9 Å². The maximum atomic E-state index is 12.0. The van der Waals surface area contributed by atoms with Gasteiger partial charge in [-0.15, -0.1) is 4.40 Å². The number of amides is 1. The normalized spacial score (nSPS) is 20.4. The number of fused-ring (bicyclic) bond motifs is 1. The Kier molecular flexibility index (Phi) is 4.01. The second kappa shape index (κ2) is 5.54. The average molecular weight is 284 g/mol. The van der Waals surface area contributed by atoms with Gasteiger partial charge in [-0.05, 0) is 19.2 Å². The van der Waals surface area contributed by atoms with Gasteiger partial charge in [-0.25, -0.2) is 8.42 Å². The first-order chi connectivity index (χ1) is 9.03. The Hall–Kier alpha value is -1.67. The molecule has 2 N–H and O–H groups in total. The summed E-state index contributed by atoms with van der Waals surface area (Å²) in [5, 5.41) is 5.62. The molecule has 2 rings (SSSR count). The Morgan fingerprint density at radius 3 is 3.00 bits per heavy atom. The predicted octanol–water partition coefficient (Wildman–Crippen LogP) is -1.18. The van der Waals surface area contributed by atoms with E-state index in [9.17, 15) is 13.2 Å². The molecule has 0 aromatic rings. The second-order valence-electron chi connectivity index (χ2n) is 4.18. The average Bonchev–Trinajstić information content (AvgIpc) is 2.37. The molecule has 0 aliphatic carbocycles. The molecule has 0 saturated heterocycles. The molecule has 1 amide bonds. The fraction of sp³-hybridized carbons (Fsp3) is 0.455. The number of allylic oxidation sites excluding steroid dienone is 2. The van der Waals surface area contributed by atoms with Crippen LogP contribution in [0.25, 0.3) is 0 Å². The molecule has 7 nitrogen and oxygen atoms in total. The zero-order valence-electron chi connectivity index (χ0n) is 10.6. The van der Waals surface area contributed by atoms with Crippen molar-refractivity contribution in [1.29, 1.82) is 0 Å². The van der Waals surface area contributed by atoms with Crippen LogP contribution in [0.1, 0.15) is 0 Å². The Labute approximate surface area is 112 Å². The van der Waals surface area contributed by atoms with Crippen molar-refractivity contribution < 1.29 is 13.2 Å². The van der Waals surface area contributed by atoms with Crippen LogP contribution < -0.4 is 10.6 Å². The number of rotatable bonds is 4. The minimum absolute atomic E-state index is 0.0322. The third-order valence-electron chi connectivity index (χ3n) is 2.76. The Morgan fingerprint density at radius 2 is 2.26 bits per heavy atom. The number of amidine groups is 1. The van der Waals surface area contributed by atoms with E-state index in [4.69, 9.17) is 0 Å². The molecule has 19 heavy (non-hydrogen) atoms. The van der Waals surface area contributed by atoms with E-state index in [-0.39, 0.29) is 23.1 Å². The van der Waals surface area contributed by atoms with Gasteiger partial charge in [0.15, 0.2) is 5.84 Å². The SMILES string of the molecule is CNCCNC(=O)C1=CC=CN2CCS(=O)(=O)N=C12. The number of sulfonamides is 1. The van der Waals surface area contributed by atoms with Crippen molar-refractivity contribution in [1.82, 2.24) is 15.5 Å². The number of carbonyl (C=O) groups excluding carboxylic acids is 1. The molecule has 0 atom stereocenters. The van der Waals surface area contributed by atoms with Crippen LogP contribution in [-0.2, 0) is 14.8 Å². The van der Waals surface area contributed by atoms with E-state index in [2.05, 4.69) is 15.0 Å². The molecule has 104 valence electrons. The number of hydrogen-bond acceptors (Lipinski definition) is 5. The maximum Gasteiger partial charge on any atom is 0.256 e. The number of nitrogens with zero attached hydrogens (tertiary/aromatic N) is 2. The van der Waals surface area contributed by atoms with Crippen LogP contribution in [0.2, 0.25) is 0 Å². The highest BCUT2D eigenvalue weighted by atomic mass is 32.2. The molecule has 0 saturated carbocycles. The summed E-state index contributed by atoms with van der Waals surface area (Å²) >= 11 is 0. The van der Waals surface area contributed by atoms with Gasteiger partial charge in [0.25, 0.3) is 15.9 Å². The van der Waals surface area contributed by atoms with Gasteiger partial charge in [0.2, 0.25) is 0 Å². The van der Waals surface area contributed by atoms with Gasteiger partial charge >= 0.3 is 0 Å². The van der Waals surface area contributed by atoms with Crippen molar-refractivity contribution in [2.24, 2.45) is 4.40 Å². The summed E-state index contributed by atoms with van der Waals surface area (Å²) in [7, 11) is -1.68. The van der Waals surface area contributed by atoms with Crippen molar-refractivity contribution in [2.75, 3.05) is 32.4 Å². The molecule has 0 aromatic carbocycles.